The van der Waals surface area contributed by atoms with E-state index in [-0.39, 0.29) is 11.1 Å². The number of amides is 1. The van der Waals surface area contributed by atoms with Crippen LogP contribution in [0.2, 0.25) is 0 Å². The first-order valence-corrected chi connectivity index (χ1v) is 6.11. The van der Waals surface area contributed by atoms with Crippen molar-refractivity contribution in [1.29, 1.82) is 0 Å². The van der Waals surface area contributed by atoms with Crippen LogP contribution in [0.1, 0.15) is 20.7 Å². The molecular formula is C13H9BrN2O3. The number of carbonyl (C=O) groups excluding carboxylic acids is 1. The highest BCUT2D eigenvalue weighted by atomic mass is 79.9. The zero-order valence-electron chi connectivity index (χ0n) is 9.63. The van der Waals surface area contributed by atoms with E-state index < -0.39 is 11.9 Å². The van der Waals surface area contributed by atoms with Gasteiger partial charge in [-0.05, 0) is 30.3 Å². The molecule has 6 heteroatoms. The molecule has 1 amide bonds. The Morgan fingerprint density at radius 1 is 1.11 bits per heavy atom. The summed E-state index contributed by atoms with van der Waals surface area (Å²) in [5.74, 6) is -1.52. The summed E-state index contributed by atoms with van der Waals surface area (Å²) in [5.41, 5.74) is 0.792. The van der Waals surface area contributed by atoms with Gasteiger partial charge in [0, 0.05) is 22.6 Å². The second kappa shape index (κ2) is 5.62. The van der Waals surface area contributed by atoms with E-state index in [1.54, 1.807) is 24.3 Å². The topological polar surface area (TPSA) is 79.3 Å². The molecule has 0 aliphatic rings. The molecule has 0 bridgehead atoms. The van der Waals surface area contributed by atoms with Gasteiger partial charge in [-0.1, -0.05) is 15.9 Å². The minimum Gasteiger partial charge on any atom is -0.478 e. The Hall–Kier alpha value is -2.21. The molecule has 19 heavy (non-hydrogen) atoms. The molecule has 1 aromatic carbocycles. The number of benzene rings is 1. The van der Waals surface area contributed by atoms with Crippen molar-refractivity contribution in [3.8, 4) is 0 Å². The lowest BCUT2D eigenvalue weighted by Gasteiger charge is -2.05. The number of rotatable bonds is 3. The van der Waals surface area contributed by atoms with Gasteiger partial charge >= 0.3 is 5.97 Å². The number of carboxylic acid groups (broad SMARTS) is 1. The van der Waals surface area contributed by atoms with Crippen LogP contribution < -0.4 is 5.32 Å². The standard InChI is InChI=1S/C13H9BrN2O3/c14-10-1-3-11(4-2-10)16-12(17)8-5-9(13(18)19)7-15-6-8/h1-7H,(H,16,17)(H,18,19). The van der Waals surface area contributed by atoms with Gasteiger partial charge < -0.3 is 10.4 Å². The SMILES string of the molecule is O=C(O)c1cncc(C(=O)Nc2ccc(Br)cc2)c1. The number of nitrogens with one attached hydrogen (secondary N) is 1. The number of aromatic nitrogens is 1. The third kappa shape index (κ3) is 3.38. The van der Waals surface area contributed by atoms with E-state index in [0.717, 1.165) is 4.47 Å². The Bertz CT molecular complexity index is 626. The molecule has 2 aromatic rings. The second-order valence-corrected chi connectivity index (χ2v) is 4.64. The largest absolute Gasteiger partial charge is 0.478 e. The van der Waals surface area contributed by atoms with Crippen molar-refractivity contribution < 1.29 is 14.7 Å². The molecule has 5 nitrogen and oxygen atoms in total. The van der Waals surface area contributed by atoms with Crippen LogP contribution in [0.3, 0.4) is 0 Å². The number of nitrogens with zero attached hydrogens (tertiary/aromatic N) is 1. The van der Waals surface area contributed by atoms with Crippen molar-refractivity contribution >= 4 is 33.5 Å². The van der Waals surface area contributed by atoms with Crippen LogP contribution in [-0.2, 0) is 0 Å². The summed E-state index contributed by atoms with van der Waals surface area (Å²) in [5, 5.41) is 11.5. The second-order valence-electron chi connectivity index (χ2n) is 3.73. The van der Waals surface area contributed by atoms with Gasteiger partial charge in [0.1, 0.15) is 0 Å². The lowest BCUT2D eigenvalue weighted by atomic mass is 10.2. The maximum atomic E-state index is 11.9. The van der Waals surface area contributed by atoms with Gasteiger partial charge in [-0.15, -0.1) is 0 Å². The number of carbonyl (C=O) groups is 2. The van der Waals surface area contributed by atoms with E-state index in [9.17, 15) is 9.59 Å². The first-order chi connectivity index (χ1) is 9.06. The van der Waals surface area contributed by atoms with Gasteiger partial charge in [0.25, 0.3) is 5.91 Å². The Balaban J connectivity index is 2.18. The summed E-state index contributed by atoms with van der Waals surface area (Å²) < 4.78 is 0.903. The average molecular weight is 321 g/mol. The van der Waals surface area contributed by atoms with Crippen LogP contribution in [-0.4, -0.2) is 22.0 Å². The monoisotopic (exact) mass is 320 g/mol. The third-order valence-corrected chi connectivity index (χ3v) is 2.88. The highest BCUT2D eigenvalue weighted by Gasteiger charge is 2.10. The number of anilines is 1. The lowest BCUT2D eigenvalue weighted by molar-refractivity contribution is 0.0696. The van der Waals surface area contributed by atoms with E-state index in [2.05, 4.69) is 26.2 Å². The molecule has 0 radical (unpaired) electrons. The van der Waals surface area contributed by atoms with E-state index >= 15 is 0 Å². The summed E-state index contributed by atoms with van der Waals surface area (Å²) in [6.45, 7) is 0. The fraction of sp³-hybridized carbons (Fsp3) is 0. The number of pyridine rings is 1. The summed E-state index contributed by atoms with van der Waals surface area (Å²) in [6.07, 6.45) is 2.51. The molecular weight excluding hydrogens is 312 g/mol. The van der Waals surface area contributed by atoms with Gasteiger partial charge in [0.2, 0.25) is 0 Å². The molecule has 0 atom stereocenters. The van der Waals surface area contributed by atoms with Gasteiger partial charge in [0.15, 0.2) is 0 Å². The molecule has 0 aliphatic heterocycles. The Morgan fingerprint density at radius 2 is 1.74 bits per heavy atom. The number of aromatic carboxylic acids is 1. The highest BCUT2D eigenvalue weighted by molar-refractivity contribution is 9.10. The highest BCUT2D eigenvalue weighted by Crippen LogP contribution is 2.15. The fourth-order valence-electron chi connectivity index (χ4n) is 1.42. The predicted octanol–water partition coefficient (Wildman–Crippen LogP) is 2.79. The quantitative estimate of drug-likeness (QED) is 0.911. The van der Waals surface area contributed by atoms with Crippen molar-refractivity contribution in [3.05, 3.63) is 58.3 Å². The molecule has 0 saturated carbocycles. The Morgan fingerprint density at radius 3 is 2.37 bits per heavy atom. The van der Waals surface area contributed by atoms with Crippen molar-refractivity contribution in [3.63, 3.8) is 0 Å². The molecule has 0 saturated heterocycles. The van der Waals surface area contributed by atoms with Gasteiger partial charge in [0.05, 0.1) is 11.1 Å². The van der Waals surface area contributed by atoms with E-state index in [0.29, 0.717) is 5.69 Å². The van der Waals surface area contributed by atoms with Gasteiger partial charge in [-0.2, -0.15) is 0 Å². The van der Waals surface area contributed by atoms with Crippen LogP contribution in [0.15, 0.2) is 47.2 Å². The lowest BCUT2D eigenvalue weighted by Crippen LogP contribution is -2.13. The maximum Gasteiger partial charge on any atom is 0.337 e. The van der Waals surface area contributed by atoms with E-state index in [1.165, 1.54) is 18.5 Å². The minimum absolute atomic E-state index is 0.0246. The molecule has 1 aromatic heterocycles. The normalized spacial score (nSPS) is 9.95. The number of halogens is 1. The maximum absolute atomic E-state index is 11.9. The van der Waals surface area contributed by atoms with Crippen LogP contribution in [0.5, 0.6) is 0 Å². The van der Waals surface area contributed by atoms with Crippen molar-refractivity contribution in [2.45, 2.75) is 0 Å². The number of hydrogen-bond acceptors (Lipinski definition) is 3. The summed E-state index contributed by atoms with van der Waals surface area (Å²) in [4.78, 5) is 26.4. The van der Waals surface area contributed by atoms with Crippen LogP contribution >= 0.6 is 15.9 Å². The van der Waals surface area contributed by atoms with E-state index in [4.69, 9.17) is 5.11 Å². The molecule has 0 aliphatic carbocycles. The zero-order chi connectivity index (χ0) is 13.8. The smallest absolute Gasteiger partial charge is 0.337 e. The predicted molar refractivity (Wildman–Crippen MR) is 73.3 cm³/mol. The molecule has 2 N–H and O–H groups in total. The van der Waals surface area contributed by atoms with Gasteiger partial charge in [-0.25, -0.2) is 4.79 Å². The molecule has 1 heterocycles. The Labute approximate surface area is 117 Å². The molecule has 0 fully saturated rings. The van der Waals surface area contributed by atoms with Crippen LogP contribution in [0, 0.1) is 0 Å². The summed E-state index contributed by atoms with van der Waals surface area (Å²) in [7, 11) is 0. The number of carboxylic acids is 1. The molecule has 96 valence electrons. The minimum atomic E-state index is -1.12. The van der Waals surface area contributed by atoms with Crippen molar-refractivity contribution in [2.24, 2.45) is 0 Å². The molecule has 2 rings (SSSR count). The van der Waals surface area contributed by atoms with Gasteiger partial charge in [-0.3, -0.25) is 9.78 Å². The summed E-state index contributed by atoms with van der Waals surface area (Å²) >= 11 is 3.29. The molecule has 0 spiro atoms. The fourth-order valence-corrected chi connectivity index (χ4v) is 1.68. The third-order valence-electron chi connectivity index (χ3n) is 2.35. The number of hydrogen-bond donors (Lipinski definition) is 2. The van der Waals surface area contributed by atoms with Crippen molar-refractivity contribution in [2.75, 3.05) is 5.32 Å². The zero-order valence-corrected chi connectivity index (χ0v) is 11.2. The first-order valence-electron chi connectivity index (χ1n) is 5.31. The van der Waals surface area contributed by atoms with Crippen molar-refractivity contribution in [1.82, 2.24) is 4.98 Å². The van der Waals surface area contributed by atoms with E-state index in [1.807, 2.05) is 0 Å². The van der Waals surface area contributed by atoms with Crippen LogP contribution in [0.4, 0.5) is 5.69 Å². The van der Waals surface area contributed by atoms with Crippen LogP contribution in [0.25, 0.3) is 0 Å². The summed E-state index contributed by atoms with van der Waals surface area (Å²) in [6, 6.07) is 8.33. The average Bonchev–Trinajstić information content (AvgIpc) is 2.41. The first kappa shape index (κ1) is 13.2. The molecule has 0 unspecified atom stereocenters. The Kier molecular flexibility index (Phi) is 3.91.